The molecule has 0 radical (unpaired) electrons. The summed E-state index contributed by atoms with van der Waals surface area (Å²) in [5, 5.41) is 2.47. The number of rotatable bonds is 3. The molecule has 1 aromatic rings. The van der Waals surface area contributed by atoms with Crippen molar-refractivity contribution in [3.05, 3.63) is 18.7 Å². The fourth-order valence-corrected chi connectivity index (χ4v) is 0.727. The van der Waals surface area contributed by atoms with Crippen LogP contribution in [0.4, 0.5) is 4.79 Å². The quantitative estimate of drug-likeness (QED) is 0.619. The fraction of sp³-hybridized carbons (Fsp3) is 0.333. The van der Waals surface area contributed by atoms with Gasteiger partial charge in [-0.2, -0.15) is 0 Å². The molecule has 1 rings (SSSR count). The monoisotopic (exact) mass is 154 g/mol. The predicted octanol–water partition coefficient (Wildman–Crippen LogP) is -0.449. The molecule has 1 aromatic heterocycles. The smallest absolute Gasteiger partial charge is 0.312 e. The molecule has 11 heavy (non-hydrogen) atoms. The average Bonchev–Trinajstić information content (AvgIpc) is 2.39. The van der Waals surface area contributed by atoms with E-state index in [0.29, 0.717) is 13.1 Å². The molecular formula is C6H10N4O. The van der Waals surface area contributed by atoms with Crippen molar-refractivity contribution in [3.63, 3.8) is 0 Å². The Bertz CT molecular complexity index is 218. The highest BCUT2D eigenvalue weighted by atomic mass is 16.2. The summed E-state index contributed by atoms with van der Waals surface area (Å²) >= 11 is 0. The number of carbonyl (C=O) groups is 1. The lowest BCUT2D eigenvalue weighted by Gasteiger charge is -2.01. The van der Waals surface area contributed by atoms with Crippen LogP contribution in [0, 0.1) is 0 Å². The zero-order chi connectivity index (χ0) is 8.10. The van der Waals surface area contributed by atoms with Crippen LogP contribution in [-0.4, -0.2) is 22.1 Å². The molecule has 0 aromatic carbocycles. The molecule has 5 heteroatoms. The van der Waals surface area contributed by atoms with E-state index in [1.807, 2.05) is 10.8 Å². The van der Waals surface area contributed by atoms with Gasteiger partial charge in [-0.05, 0) is 0 Å². The van der Waals surface area contributed by atoms with Gasteiger partial charge < -0.3 is 15.6 Å². The number of nitrogens with two attached hydrogens (primary N) is 1. The summed E-state index contributed by atoms with van der Waals surface area (Å²) in [6.07, 6.45) is 5.19. The zero-order valence-electron chi connectivity index (χ0n) is 6.03. The van der Waals surface area contributed by atoms with Gasteiger partial charge in [-0.3, -0.25) is 0 Å². The fourth-order valence-electron chi connectivity index (χ4n) is 0.727. The van der Waals surface area contributed by atoms with Crippen molar-refractivity contribution >= 4 is 6.03 Å². The van der Waals surface area contributed by atoms with Crippen molar-refractivity contribution in [1.82, 2.24) is 14.9 Å². The molecule has 0 spiro atoms. The van der Waals surface area contributed by atoms with E-state index in [9.17, 15) is 4.79 Å². The molecule has 0 saturated carbocycles. The summed E-state index contributed by atoms with van der Waals surface area (Å²) in [4.78, 5) is 14.1. The third-order valence-electron chi connectivity index (χ3n) is 1.23. The summed E-state index contributed by atoms with van der Waals surface area (Å²) in [5.41, 5.74) is 4.86. The summed E-state index contributed by atoms with van der Waals surface area (Å²) in [7, 11) is 0. The summed E-state index contributed by atoms with van der Waals surface area (Å²) in [6.45, 7) is 1.23. The van der Waals surface area contributed by atoms with Crippen molar-refractivity contribution in [3.8, 4) is 0 Å². The number of hydrogen-bond donors (Lipinski definition) is 2. The second-order valence-corrected chi connectivity index (χ2v) is 2.09. The molecule has 0 unspecified atom stereocenters. The van der Waals surface area contributed by atoms with E-state index >= 15 is 0 Å². The Morgan fingerprint density at radius 3 is 3.09 bits per heavy atom. The normalized spacial score (nSPS) is 9.45. The Morgan fingerprint density at radius 1 is 1.73 bits per heavy atom. The second kappa shape index (κ2) is 3.60. The van der Waals surface area contributed by atoms with Crippen LogP contribution < -0.4 is 11.1 Å². The van der Waals surface area contributed by atoms with E-state index in [4.69, 9.17) is 5.73 Å². The van der Waals surface area contributed by atoms with E-state index in [-0.39, 0.29) is 0 Å². The van der Waals surface area contributed by atoms with Crippen molar-refractivity contribution in [2.45, 2.75) is 6.54 Å². The molecule has 0 aliphatic rings. The molecular weight excluding hydrogens is 144 g/mol. The van der Waals surface area contributed by atoms with E-state index in [1.165, 1.54) is 0 Å². The third-order valence-corrected chi connectivity index (χ3v) is 1.23. The van der Waals surface area contributed by atoms with Crippen LogP contribution in [0.3, 0.4) is 0 Å². The maximum atomic E-state index is 10.2. The van der Waals surface area contributed by atoms with Gasteiger partial charge in [0.05, 0.1) is 6.33 Å². The highest BCUT2D eigenvalue weighted by molar-refractivity contribution is 5.71. The predicted molar refractivity (Wildman–Crippen MR) is 39.8 cm³/mol. The Hall–Kier alpha value is -1.52. The number of urea groups is 1. The highest BCUT2D eigenvalue weighted by Crippen LogP contribution is 1.82. The topological polar surface area (TPSA) is 72.9 Å². The minimum absolute atomic E-state index is 0.495. The van der Waals surface area contributed by atoms with Gasteiger partial charge in [0.25, 0.3) is 0 Å². The number of aromatic nitrogens is 2. The van der Waals surface area contributed by atoms with Gasteiger partial charge in [0, 0.05) is 25.5 Å². The van der Waals surface area contributed by atoms with Gasteiger partial charge in [0.15, 0.2) is 0 Å². The van der Waals surface area contributed by atoms with Crippen LogP contribution >= 0.6 is 0 Å². The van der Waals surface area contributed by atoms with Crippen molar-refractivity contribution < 1.29 is 4.79 Å². The lowest BCUT2D eigenvalue weighted by Crippen LogP contribution is -2.31. The Balaban J connectivity index is 2.19. The van der Waals surface area contributed by atoms with E-state index in [2.05, 4.69) is 10.3 Å². The molecule has 0 bridgehead atoms. The number of amides is 2. The Labute approximate surface area is 64.2 Å². The number of carbonyl (C=O) groups excluding carboxylic acids is 1. The van der Waals surface area contributed by atoms with Gasteiger partial charge in [-0.25, -0.2) is 9.78 Å². The maximum absolute atomic E-state index is 10.2. The number of hydrogen-bond acceptors (Lipinski definition) is 2. The number of imidazole rings is 1. The van der Waals surface area contributed by atoms with Crippen LogP contribution in [0.15, 0.2) is 18.7 Å². The molecule has 5 nitrogen and oxygen atoms in total. The van der Waals surface area contributed by atoms with Gasteiger partial charge in [0.1, 0.15) is 0 Å². The summed E-state index contributed by atoms with van der Waals surface area (Å²) in [6, 6.07) is -0.495. The number of primary amides is 1. The van der Waals surface area contributed by atoms with E-state index in [0.717, 1.165) is 0 Å². The second-order valence-electron chi connectivity index (χ2n) is 2.09. The van der Waals surface area contributed by atoms with Gasteiger partial charge in [-0.1, -0.05) is 0 Å². The molecule has 0 aliphatic carbocycles. The molecule has 0 saturated heterocycles. The van der Waals surface area contributed by atoms with E-state index in [1.54, 1.807) is 12.5 Å². The van der Waals surface area contributed by atoms with Crippen LogP contribution in [-0.2, 0) is 6.54 Å². The highest BCUT2D eigenvalue weighted by Gasteiger charge is 1.91. The molecule has 3 N–H and O–H groups in total. The Kier molecular flexibility index (Phi) is 2.48. The number of nitrogens with one attached hydrogen (secondary N) is 1. The van der Waals surface area contributed by atoms with E-state index < -0.39 is 6.03 Å². The average molecular weight is 154 g/mol. The van der Waals surface area contributed by atoms with Crippen LogP contribution in [0.25, 0.3) is 0 Å². The molecule has 60 valence electrons. The van der Waals surface area contributed by atoms with Crippen LogP contribution in [0.1, 0.15) is 0 Å². The van der Waals surface area contributed by atoms with Gasteiger partial charge in [-0.15, -0.1) is 0 Å². The molecule has 0 aliphatic heterocycles. The number of nitrogens with zero attached hydrogens (tertiary/aromatic N) is 2. The first-order chi connectivity index (χ1) is 5.29. The lowest BCUT2D eigenvalue weighted by atomic mass is 10.6. The van der Waals surface area contributed by atoms with Crippen molar-refractivity contribution in [1.29, 1.82) is 0 Å². The molecule has 0 fully saturated rings. The van der Waals surface area contributed by atoms with Crippen LogP contribution in [0.2, 0.25) is 0 Å². The van der Waals surface area contributed by atoms with Crippen molar-refractivity contribution in [2.24, 2.45) is 5.73 Å². The molecule has 1 heterocycles. The largest absolute Gasteiger partial charge is 0.352 e. The molecule has 2 amide bonds. The summed E-state index contributed by atoms with van der Waals surface area (Å²) in [5.74, 6) is 0. The first-order valence-corrected chi connectivity index (χ1v) is 3.28. The third kappa shape index (κ3) is 2.70. The minimum atomic E-state index is -0.495. The van der Waals surface area contributed by atoms with Crippen LogP contribution in [0.5, 0.6) is 0 Å². The zero-order valence-corrected chi connectivity index (χ0v) is 6.03. The van der Waals surface area contributed by atoms with Crippen molar-refractivity contribution in [2.75, 3.05) is 6.54 Å². The first-order valence-electron chi connectivity index (χ1n) is 3.28. The SMILES string of the molecule is NC(=O)NCCn1ccnc1. The molecule has 0 atom stereocenters. The first kappa shape index (κ1) is 7.59. The lowest BCUT2D eigenvalue weighted by molar-refractivity contribution is 0.248. The van der Waals surface area contributed by atoms with Gasteiger partial charge in [0.2, 0.25) is 0 Å². The minimum Gasteiger partial charge on any atom is -0.352 e. The standard InChI is InChI=1S/C6H10N4O/c7-6(11)9-2-4-10-3-1-8-5-10/h1,3,5H,2,4H2,(H3,7,9,11). The maximum Gasteiger partial charge on any atom is 0.312 e. The Morgan fingerprint density at radius 2 is 2.55 bits per heavy atom. The van der Waals surface area contributed by atoms with Gasteiger partial charge >= 0.3 is 6.03 Å². The summed E-state index contributed by atoms with van der Waals surface area (Å²) < 4.78 is 1.86.